The Morgan fingerprint density at radius 1 is 1.00 bits per heavy atom. The Hall–Kier alpha value is -1.83. The fraction of sp³-hybridized carbons (Fsp3) is 0.214. The molecule has 2 rings (SSSR count). The molecule has 0 atom stereocenters. The molecule has 1 heterocycles. The van der Waals surface area contributed by atoms with Gasteiger partial charge in [-0.15, -0.1) is 0 Å². The molecule has 0 saturated heterocycles. The Labute approximate surface area is 95.9 Å². The van der Waals surface area contributed by atoms with Crippen LogP contribution in [-0.4, -0.2) is 11.1 Å². The van der Waals surface area contributed by atoms with Gasteiger partial charge in [-0.05, 0) is 38.1 Å². The zero-order valence-electron chi connectivity index (χ0n) is 9.55. The van der Waals surface area contributed by atoms with Crippen molar-refractivity contribution in [2.75, 3.05) is 0 Å². The van der Waals surface area contributed by atoms with E-state index in [1.807, 2.05) is 56.3 Å². The van der Waals surface area contributed by atoms with Crippen molar-refractivity contribution in [2.24, 2.45) is 0 Å². The van der Waals surface area contributed by atoms with Gasteiger partial charge in [0.2, 0.25) is 0 Å². The first-order chi connectivity index (χ1) is 7.77. The van der Waals surface area contributed by atoms with Crippen molar-refractivity contribution in [2.45, 2.75) is 20.0 Å². The summed E-state index contributed by atoms with van der Waals surface area (Å²) >= 11 is 0. The highest BCUT2D eigenvalue weighted by atomic mass is 16.5. The van der Waals surface area contributed by atoms with E-state index in [9.17, 15) is 0 Å². The van der Waals surface area contributed by atoms with Crippen molar-refractivity contribution in [3.8, 4) is 17.0 Å². The van der Waals surface area contributed by atoms with Gasteiger partial charge in [-0.25, -0.2) is 0 Å². The summed E-state index contributed by atoms with van der Waals surface area (Å²) in [6.07, 6.45) is 1.96. The van der Waals surface area contributed by atoms with Crippen LogP contribution >= 0.6 is 0 Å². The Morgan fingerprint density at radius 2 is 1.75 bits per heavy atom. The molecule has 0 aliphatic rings. The van der Waals surface area contributed by atoms with Crippen molar-refractivity contribution in [3.63, 3.8) is 0 Å². The maximum atomic E-state index is 5.76. The Morgan fingerprint density at radius 3 is 2.44 bits per heavy atom. The highest BCUT2D eigenvalue weighted by Gasteiger charge is 2.07. The van der Waals surface area contributed by atoms with Crippen LogP contribution in [0.25, 0.3) is 11.3 Å². The Bertz CT molecular complexity index is 451. The van der Waals surface area contributed by atoms with Crippen LogP contribution in [0.15, 0.2) is 48.7 Å². The SMILES string of the molecule is CC(C)Oc1ccccc1-c1ccccn1. The van der Waals surface area contributed by atoms with Gasteiger partial charge in [-0.3, -0.25) is 4.98 Å². The second-order valence-corrected chi connectivity index (χ2v) is 3.88. The van der Waals surface area contributed by atoms with Gasteiger partial charge in [0.1, 0.15) is 5.75 Å². The summed E-state index contributed by atoms with van der Waals surface area (Å²) in [4.78, 5) is 4.34. The van der Waals surface area contributed by atoms with Crippen LogP contribution in [-0.2, 0) is 0 Å². The quantitative estimate of drug-likeness (QED) is 0.778. The average molecular weight is 213 g/mol. The van der Waals surface area contributed by atoms with E-state index >= 15 is 0 Å². The maximum absolute atomic E-state index is 5.76. The van der Waals surface area contributed by atoms with E-state index in [0.717, 1.165) is 17.0 Å². The maximum Gasteiger partial charge on any atom is 0.129 e. The van der Waals surface area contributed by atoms with E-state index in [0.29, 0.717) is 0 Å². The average Bonchev–Trinajstić information content (AvgIpc) is 2.30. The lowest BCUT2D eigenvalue weighted by atomic mass is 10.1. The molecule has 0 fully saturated rings. The molecular formula is C14H15NO. The first-order valence-electron chi connectivity index (χ1n) is 5.44. The van der Waals surface area contributed by atoms with Crippen LogP contribution in [0.3, 0.4) is 0 Å². The van der Waals surface area contributed by atoms with Gasteiger partial charge in [0.05, 0.1) is 11.8 Å². The molecule has 0 bridgehead atoms. The summed E-state index contributed by atoms with van der Waals surface area (Å²) in [6.45, 7) is 4.05. The van der Waals surface area contributed by atoms with Gasteiger partial charge in [-0.2, -0.15) is 0 Å². The van der Waals surface area contributed by atoms with E-state index in [1.165, 1.54) is 0 Å². The lowest BCUT2D eigenvalue weighted by Crippen LogP contribution is -2.06. The van der Waals surface area contributed by atoms with Gasteiger partial charge in [0.15, 0.2) is 0 Å². The molecule has 0 aliphatic heterocycles. The monoisotopic (exact) mass is 213 g/mol. The molecule has 0 radical (unpaired) electrons. The number of aromatic nitrogens is 1. The second kappa shape index (κ2) is 4.79. The molecule has 1 aromatic carbocycles. The minimum atomic E-state index is 0.171. The van der Waals surface area contributed by atoms with Crippen molar-refractivity contribution in [1.29, 1.82) is 0 Å². The fourth-order valence-corrected chi connectivity index (χ4v) is 1.56. The number of para-hydroxylation sites is 1. The molecule has 16 heavy (non-hydrogen) atoms. The fourth-order valence-electron chi connectivity index (χ4n) is 1.56. The van der Waals surface area contributed by atoms with Gasteiger partial charge in [0, 0.05) is 11.8 Å². The van der Waals surface area contributed by atoms with Crippen LogP contribution in [0, 0.1) is 0 Å². The highest BCUT2D eigenvalue weighted by Crippen LogP contribution is 2.28. The Balaban J connectivity index is 2.41. The lowest BCUT2D eigenvalue weighted by molar-refractivity contribution is 0.243. The van der Waals surface area contributed by atoms with Crippen LogP contribution in [0.1, 0.15) is 13.8 Å². The van der Waals surface area contributed by atoms with Crippen LogP contribution < -0.4 is 4.74 Å². The predicted molar refractivity (Wildman–Crippen MR) is 65.4 cm³/mol. The third kappa shape index (κ3) is 2.40. The first-order valence-corrected chi connectivity index (χ1v) is 5.44. The van der Waals surface area contributed by atoms with E-state index in [2.05, 4.69) is 4.98 Å². The molecule has 1 aromatic heterocycles. The minimum Gasteiger partial charge on any atom is -0.490 e. The number of hydrogen-bond donors (Lipinski definition) is 0. The summed E-state index contributed by atoms with van der Waals surface area (Å²) in [6, 6.07) is 13.9. The number of rotatable bonds is 3. The van der Waals surface area contributed by atoms with Crippen molar-refractivity contribution >= 4 is 0 Å². The van der Waals surface area contributed by atoms with Gasteiger partial charge >= 0.3 is 0 Å². The van der Waals surface area contributed by atoms with E-state index in [4.69, 9.17) is 4.74 Å². The molecule has 2 heteroatoms. The van der Waals surface area contributed by atoms with Gasteiger partial charge in [0.25, 0.3) is 0 Å². The van der Waals surface area contributed by atoms with E-state index in [-0.39, 0.29) is 6.10 Å². The predicted octanol–water partition coefficient (Wildman–Crippen LogP) is 3.54. The summed E-state index contributed by atoms with van der Waals surface area (Å²) in [5.41, 5.74) is 1.98. The summed E-state index contributed by atoms with van der Waals surface area (Å²) in [5, 5.41) is 0. The Kier molecular flexibility index (Phi) is 3.20. The summed E-state index contributed by atoms with van der Waals surface area (Å²) in [7, 11) is 0. The third-order valence-electron chi connectivity index (χ3n) is 2.19. The normalized spacial score (nSPS) is 10.4. The molecule has 0 aliphatic carbocycles. The molecular weight excluding hydrogens is 198 g/mol. The minimum absolute atomic E-state index is 0.171. The molecule has 82 valence electrons. The summed E-state index contributed by atoms with van der Waals surface area (Å²) in [5.74, 6) is 0.885. The lowest BCUT2D eigenvalue weighted by Gasteiger charge is -2.13. The van der Waals surface area contributed by atoms with Gasteiger partial charge in [-0.1, -0.05) is 18.2 Å². The standard InChI is InChI=1S/C14H15NO/c1-11(2)16-14-9-4-3-7-12(14)13-8-5-6-10-15-13/h3-11H,1-2H3. The van der Waals surface area contributed by atoms with Gasteiger partial charge < -0.3 is 4.74 Å². The highest BCUT2D eigenvalue weighted by molar-refractivity contribution is 5.66. The molecule has 0 spiro atoms. The smallest absolute Gasteiger partial charge is 0.129 e. The second-order valence-electron chi connectivity index (χ2n) is 3.88. The largest absolute Gasteiger partial charge is 0.490 e. The topological polar surface area (TPSA) is 22.1 Å². The number of benzene rings is 1. The molecule has 0 unspecified atom stereocenters. The number of ether oxygens (including phenoxy) is 1. The van der Waals surface area contributed by atoms with Crippen LogP contribution in [0.4, 0.5) is 0 Å². The van der Waals surface area contributed by atoms with E-state index in [1.54, 1.807) is 6.20 Å². The summed E-state index contributed by atoms with van der Waals surface area (Å²) < 4.78 is 5.76. The number of pyridine rings is 1. The third-order valence-corrected chi connectivity index (χ3v) is 2.19. The van der Waals surface area contributed by atoms with E-state index < -0.39 is 0 Å². The van der Waals surface area contributed by atoms with Crippen LogP contribution in [0.5, 0.6) is 5.75 Å². The van der Waals surface area contributed by atoms with Crippen molar-refractivity contribution in [3.05, 3.63) is 48.7 Å². The van der Waals surface area contributed by atoms with Crippen LogP contribution in [0.2, 0.25) is 0 Å². The molecule has 2 nitrogen and oxygen atoms in total. The van der Waals surface area contributed by atoms with Crippen molar-refractivity contribution < 1.29 is 4.74 Å². The zero-order chi connectivity index (χ0) is 11.4. The molecule has 0 saturated carbocycles. The molecule has 0 amide bonds. The molecule has 0 N–H and O–H groups in total. The number of nitrogens with zero attached hydrogens (tertiary/aromatic N) is 1. The molecule has 2 aromatic rings. The zero-order valence-corrected chi connectivity index (χ0v) is 9.55. The number of hydrogen-bond acceptors (Lipinski definition) is 2. The first kappa shape index (κ1) is 10.7. The van der Waals surface area contributed by atoms with Crippen molar-refractivity contribution in [1.82, 2.24) is 4.98 Å².